The van der Waals surface area contributed by atoms with E-state index in [1.54, 1.807) is 0 Å². The van der Waals surface area contributed by atoms with Gasteiger partial charge >= 0.3 is 0 Å². The fourth-order valence-electron chi connectivity index (χ4n) is 1.60. The molecule has 0 bridgehead atoms. The summed E-state index contributed by atoms with van der Waals surface area (Å²) in [5.41, 5.74) is 0.572. The van der Waals surface area contributed by atoms with E-state index in [0.29, 0.717) is 5.54 Å². The van der Waals surface area contributed by atoms with Crippen molar-refractivity contribution in [3.05, 3.63) is 12.7 Å². The second-order valence-corrected chi connectivity index (χ2v) is 3.54. The first-order valence-electron chi connectivity index (χ1n) is 4.18. The fourth-order valence-corrected chi connectivity index (χ4v) is 1.60. The van der Waals surface area contributed by atoms with Crippen LogP contribution in [0.25, 0.3) is 0 Å². The van der Waals surface area contributed by atoms with E-state index < -0.39 is 0 Å². The topological polar surface area (TPSA) is 16.6 Å². The van der Waals surface area contributed by atoms with Crippen molar-refractivity contribution in [2.75, 3.05) is 6.54 Å². The summed E-state index contributed by atoms with van der Waals surface area (Å²) in [6.07, 6.45) is 4.52. The molecule has 1 aliphatic heterocycles. The van der Waals surface area contributed by atoms with E-state index in [1.165, 1.54) is 19.4 Å². The van der Waals surface area contributed by atoms with E-state index in [-0.39, 0.29) is 0 Å². The van der Waals surface area contributed by atoms with Gasteiger partial charge in [-0.25, -0.2) is 0 Å². The van der Waals surface area contributed by atoms with Gasteiger partial charge in [0.05, 0.1) is 0 Å². The Bertz CT molecular complexity index is 125. The van der Waals surface area contributed by atoms with E-state index in [1.807, 2.05) is 6.08 Å². The average molecular weight is 140 g/mol. The third kappa shape index (κ3) is 1.40. The number of quaternary nitrogens is 1. The standard InChI is InChI=1S/C9H17N/c1-4-6-8(5-2)9(3)7-10-9/h4,8,10H,1,5-7H2,2-3H3/p+1. The molecule has 1 fully saturated rings. The maximum Gasteiger partial charge on any atom is 0.146 e. The van der Waals surface area contributed by atoms with Gasteiger partial charge in [-0.3, -0.25) is 0 Å². The SMILES string of the molecule is C=CCC(CC)C1(C)C[NH2+]1. The van der Waals surface area contributed by atoms with Crippen LogP contribution in [0, 0.1) is 5.92 Å². The van der Waals surface area contributed by atoms with Crippen molar-refractivity contribution >= 4 is 0 Å². The molecular formula is C9H18N+. The molecule has 10 heavy (non-hydrogen) atoms. The molecule has 1 nitrogen and oxygen atoms in total. The Morgan fingerprint density at radius 1 is 1.80 bits per heavy atom. The summed E-state index contributed by atoms with van der Waals surface area (Å²) in [5.74, 6) is 0.852. The van der Waals surface area contributed by atoms with Crippen molar-refractivity contribution in [3.63, 3.8) is 0 Å². The van der Waals surface area contributed by atoms with Crippen molar-refractivity contribution in [3.8, 4) is 0 Å². The third-order valence-electron chi connectivity index (χ3n) is 2.72. The minimum Gasteiger partial charge on any atom is -0.332 e. The maximum atomic E-state index is 3.78. The lowest BCUT2D eigenvalue weighted by molar-refractivity contribution is -0.527. The van der Waals surface area contributed by atoms with Gasteiger partial charge in [0.25, 0.3) is 0 Å². The Hall–Kier alpha value is -0.300. The van der Waals surface area contributed by atoms with Crippen LogP contribution in [-0.2, 0) is 0 Å². The Labute approximate surface area is 63.5 Å². The highest BCUT2D eigenvalue weighted by molar-refractivity contribution is 4.90. The van der Waals surface area contributed by atoms with Gasteiger partial charge in [0.1, 0.15) is 12.1 Å². The summed E-state index contributed by atoms with van der Waals surface area (Å²) < 4.78 is 0. The van der Waals surface area contributed by atoms with Gasteiger partial charge in [0.2, 0.25) is 0 Å². The summed E-state index contributed by atoms with van der Waals surface area (Å²) in [5, 5.41) is 2.42. The summed E-state index contributed by atoms with van der Waals surface area (Å²) >= 11 is 0. The summed E-state index contributed by atoms with van der Waals surface area (Å²) in [4.78, 5) is 0. The van der Waals surface area contributed by atoms with Crippen LogP contribution in [0.1, 0.15) is 26.7 Å². The molecule has 0 saturated carbocycles. The molecule has 1 heteroatoms. The molecule has 0 aromatic carbocycles. The normalized spacial score (nSPS) is 33.4. The molecule has 0 aliphatic carbocycles. The van der Waals surface area contributed by atoms with Crippen molar-refractivity contribution < 1.29 is 5.32 Å². The third-order valence-corrected chi connectivity index (χ3v) is 2.72. The molecule has 1 heterocycles. The Morgan fingerprint density at radius 2 is 2.40 bits per heavy atom. The van der Waals surface area contributed by atoms with Crippen LogP contribution in [0.5, 0.6) is 0 Å². The van der Waals surface area contributed by atoms with Crippen LogP contribution < -0.4 is 5.32 Å². The largest absolute Gasteiger partial charge is 0.332 e. The van der Waals surface area contributed by atoms with Crippen LogP contribution in [0.15, 0.2) is 12.7 Å². The van der Waals surface area contributed by atoms with E-state index in [9.17, 15) is 0 Å². The van der Waals surface area contributed by atoms with Crippen LogP contribution in [0.4, 0.5) is 0 Å². The maximum absolute atomic E-state index is 3.78. The molecule has 1 rings (SSSR count). The van der Waals surface area contributed by atoms with Crippen molar-refractivity contribution in [1.29, 1.82) is 0 Å². The molecule has 2 atom stereocenters. The minimum atomic E-state index is 0.572. The molecule has 0 spiro atoms. The van der Waals surface area contributed by atoms with Gasteiger partial charge in [0.15, 0.2) is 0 Å². The van der Waals surface area contributed by atoms with Crippen LogP contribution in [-0.4, -0.2) is 12.1 Å². The summed E-state index contributed by atoms with van der Waals surface area (Å²) in [6, 6.07) is 0. The van der Waals surface area contributed by atoms with E-state index in [2.05, 4.69) is 25.7 Å². The zero-order chi connectivity index (χ0) is 7.61. The average Bonchev–Trinajstić information content (AvgIpc) is 2.64. The lowest BCUT2D eigenvalue weighted by atomic mass is 9.88. The molecule has 0 aromatic heterocycles. The van der Waals surface area contributed by atoms with Crippen LogP contribution >= 0.6 is 0 Å². The van der Waals surface area contributed by atoms with Gasteiger partial charge in [-0.15, -0.1) is 6.58 Å². The number of nitrogens with two attached hydrogens (primary N) is 1. The molecule has 1 saturated heterocycles. The monoisotopic (exact) mass is 140 g/mol. The number of hydrogen-bond donors (Lipinski definition) is 1. The molecular weight excluding hydrogens is 122 g/mol. The highest BCUT2D eigenvalue weighted by atomic mass is 15.2. The first-order chi connectivity index (χ1) is 4.73. The predicted molar refractivity (Wildman–Crippen MR) is 43.8 cm³/mol. The van der Waals surface area contributed by atoms with Crippen molar-refractivity contribution in [1.82, 2.24) is 0 Å². The molecule has 0 aromatic rings. The first-order valence-corrected chi connectivity index (χ1v) is 4.18. The predicted octanol–water partition coefficient (Wildman–Crippen LogP) is 0.924. The molecule has 2 unspecified atom stereocenters. The Kier molecular flexibility index (Phi) is 2.14. The number of rotatable bonds is 4. The van der Waals surface area contributed by atoms with Gasteiger partial charge in [0, 0.05) is 5.92 Å². The van der Waals surface area contributed by atoms with Gasteiger partial charge < -0.3 is 5.32 Å². The van der Waals surface area contributed by atoms with Gasteiger partial charge in [-0.2, -0.15) is 0 Å². The number of allylic oxidation sites excluding steroid dienone is 1. The fraction of sp³-hybridized carbons (Fsp3) is 0.778. The lowest BCUT2D eigenvalue weighted by Gasteiger charge is -2.13. The highest BCUT2D eigenvalue weighted by Crippen LogP contribution is 2.24. The molecule has 2 N–H and O–H groups in total. The Morgan fingerprint density at radius 3 is 2.70 bits per heavy atom. The van der Waals surface area contributed by atoms with Crippen molar-refractivity contribution in [2.45, 2.75) is 32.2 Å². The highest BCUT2D eigenvalue weighted by Gasteiger charge is 2.49. The van der Waals surface area contributed by atoms with E-state index in [4.69, 9.17) is 0 Å². The van der Waals surface area contributed by atoms with Crippen LogP contribution in [0.3, 0.4) is 0 Å². The second kappa shape index (κ2) is 2.75. The molecule has 0 amide bonds. The lowest BCUT2D eigenvalue weighted by Crippen LogP contribution is -2.66. The zero-order valence-electron chi connectivity index (χ0n) is 7.06. The molecule has 1 aliphatic rings. The second-order valence-electron chi connectivity index (χ2n) is 3.54. The van der Waals surface area contributed by atoms with Gasteiger partial charge in [-0.05, 0) is 19.8 Å². The molecule has 58 valence electrons. The van der Waals surface area contributed by atoms with E-state index in [0.717, 1.165) is 5.92 Å². The zero-order valence-corrected chi connectivity index (χ0v) is 7.06. The van der Waals surface area contributed by atoms with Crippen LogP contribution in [0.2, 0.25) is 0 Å². The van der Waals surface area contributed by atoms with Gasteiger partial charge in [-0.1, -0.05) is 13.0 Å². The first kappa shape index (κ1) is 7.80. The van der Waals surface area contributed by atoms with Crippen molar-refractivity contribution in [2.24, 2.45) is 5.92 Å². The smallest absolute Gasteiger partial charge is 0.146 e. The Balaban J connectivity index is 2.39. The minimum absolute atomic E-state index is 0.572. The van der Waals surface area contributed by atoms with E-state index >= 15 is 0 Å². The summed E-state index contributed by atoms with van der Waals surface area (Å²) in [7, 11) is 0. The number of hydrogen-bond acceptors (Lipinski definition) is 0. The molecule has 0 radical (unpaired) electrons. The summed E-state index contributed by atoms with van der Waals surface area (Å²) in [6.45, 7) is 9.72. The quantitative estimate of drug-likeness (QED) is 0.442.